The van der Waals surface area contributed by atoms with Crippen LogP contribution < -0.4 is 5.32 Å². The van der Waals surface area contributed by atoms with Crippen molar-refractivity contribution in [3.05, 3.63) is 42.1 Å². The Morgan fingerprint density at radius 1 is 1.18 bits per heavy atom. The second-order valence-corrected chi connectivity index (χ2v) is 5.61. The number of halogens is 2. The molecule has 2 aromatic rings. The van der Waals surface area contributed by atoms with Crippen LogP contribution in [0.5, 0.6) is 0 Å². The highest BCUT2D eigenvalue weighted by Gasteiger charge is 2.21. The fraction of sp³-hybridized carbons (Fsp3) is 0.471. The molecule has 3 nitrogen and oxygen atoms in total. The molecule has 22 heavy (non-hydrogen) atoms. The van der Waals surface area contributed by atoms with E-state index < -0.39 is 0 Å². The Kier molecular flexibility index (Phi) is 8.12. The fourth-order valence-electron chi connectivity index (χ4n) is 3.03. The summed E-state index contributed by atoms with van der Waals surface area (Å²) < 4.78 is 0. The second-order valence-electron chi connectivity index (χ2n) is 5.61. The Morgan fingerprint density at radius 2 is 2.00 bits per heavy atom. The van der Waals surface area contributed by atoms with Gasteiger partial charge in [0.15, 0.2) is 0 Å². The summed E-state index contributed by atoms with van der Waals surface area (Å²) in [4.78, 5) is 7.39. The molecule has 1 fully saturated rings. The SMILES string of the molecule is CCCN(Cc1ccc2ccccc2n1)C1CCNC1.Cl.Cl. The van der Waals surface area contributed by atoms with E-state index in [1.807, 2.05) is 0 Å². The quantitative estimate of drug-likeness (QED) is 0.899. The molecule has 1 aromatic heterocycles. The van der Waals surface area contributed by atoms with Gasteiger partial charge < -0.3 is 5.32 Å². The maximum Gasteiger partial charge on any atom is 0.0705 e. The summed E-state index contributed by atoms with van der Waals surface area (Å²) in [5.74, 6) is 0. The van der Waals surface area contributed by atoms with Gasteiger partial charge in [0.05, 0.1) is 11.2 Å². The van der Waals surface area contributed by atoms with E-state index in [0.29, 0.717) is 6.04 Å². The lowest BCUT2D eigenvalue weighted by Crippen LogP contribution is -2.37. The van der Waals surface area contributed by atoms with Crippen LogP contribution in [0.1, 0.15) is 25.5 Å². The Labute approximate surface area is 145 Å². The molecule has 1 aliphatic heterocycles. The third kappa shape index (κ3) is 4.56. The summed E-state index contributed by atoms with van der Waals surface area (Å²) in [6, 6.07) is 13.4. The molecule has 5 heteroatoms. The molecule has 0 saturated carbocycles. The monoisotopic (exact) mass is 341 g/mol. The Bertz CT molecular complexity index is 571. The highest BCUT2D eigenvalue weighted by atomic mass is 35.5. The first-order chi connectivity index (χ1) is 9.86. The first-order valence-corrected chi connectivity index (χ1v) is 7.66. The highest BCUT2D eigenvalue weighted by Crippen LogP contribution is 2.16. The number of pyridine rings is 1. The predicted molar refractivity (Wildman–Crippen MR) is 98.2 cm³/mol. The Balaban J connectivity index is 0.00000121. The van der Waals surface area contributed by atoms with E-state index in [2.05, 4.69) is 53.5 Å². The molecule has 1 atom stereocenters. The maximum atomic E-state index is 4.81. The molecule has 0 radical (unpaired) electrons. The van der Waals surface area contributed by atoms with Gasteiger partial charge in [-0.05, 0) is 38.1 Å². The molecule has 1 aliphatic rings. The molecule has 0 spiro atoms. The normalized spacial score (nSPS) is 17.3. The summed E-state index contributed by atoms with van der Waals surface area (Å²) in [5, 5.41) is 4.69. The second kappa shape index (κ2) is 9.31. The van der Waals surface area contributed by atoms with Gasteiger partial charge in [-0.1, -0.05) is 31.2 Å². The first kappa shape index (κ1) is 19.2. The van der Waals surface area contributed by atoms with Gasteiger partial charge >= 0.3 is 0 Å². The highest BCUT2D eigenvalue weighted by molar-refractivity contribution is 5.85. The number of benzene rings is 1. The summed E-state index contributed by atoms with van der Waals surface area (Å²) in [7, 11) is 0. The van der Waals surface area contributed by atoms with Crippen LogP contribution >= 0.6 is 24.8 Å². The average Bonchev–Trinajstić information content (AvgIpc) is 3.01. The van der Waals surface area contributed by atoms with Crippen LogP contribution in [0.15, 0.2) is 36.4 Å². The van der Waals surface area contributed by atoms with Gasteiger partial charge in [-0.15, -0.1) is 24.8 Å². The molecular weight excluding hydrogens is 317 g/mol. The van der Waals surface area contributed by atoms with Gasteiger partial charge in [-0.3, -0.25) is 9.88 Å². The number of nitrogens with one attached hydrogen (secondary N) is 1. The van der Waals surface area contributed by atoms with Gasteiger partial charge in [0.2, 0.25) is 0 Å². The number of nitrogens with zero attached hydrogens (tertiary/aromatic N) is 2. The van der Waals surface area contributed by atoms with Gasteiger partial charge in [0.1, 0.15) is 0 Å². The zero-order valence-corrected chi connectivity index (χ0v) is 14.6. The Hall–Kier alpha value is -0.870. The lowest BCUT2D eigenvalue weighted by molar-refractivity contribution is 0.197. The van der Waals surface area contributed by atoms with Crippen molar-refractivity contribution >= 4 is 35.7 Å². The number of para-hydroxylation sites is 1. The number of fused-ring (bicyclic) bond motifs is 1. The van der Waals surface area contributed by atoms with Gasteiger partial charge in [0.25, 0.3) is 0 Å². The minimum Gasteiger partial charge on any atom is -0.315 e. The maximum absolute atomic E-state index is 4.81. The van der Waals surface area contributed by atoms with E-state index in [-0.39, 0.29) is 24.8 Å². The average molecular weight is 342 g/mol. The fourth-order valence-corrected chi connectivity index (χ4v) is 3.03. The van der Waals surface area contributed by atoms with Crippen molar-refractivity contribution in [3.63, 3.8) is 0 Å². The summed E-state index contributed by atoms with van der Waals surface area (Å²) in [6.45, 7) is 6.64. The molecular formula is C17H25Cl2N3. The standard InChI is InChI=1S/C17H23N3.2ClH/c1-2-11-20(16-9-10-18-12-16)13-15-8-7-14-5-3-4-6-17(14)19-15;;/h3-8,16,18H,2,9-13H2,1H3;2*1H. The predicted octanol–water partition coefficient (Wildman–Crippen LogP) is 3.65. The van der Waals surface area contributed by atoms with Crippen molar-refractivity contribution in [2.75, 3.05) is 19.6 Å². The largest absolute Gasteiger partial charge is 0.315 e. The van der Waals surface area contributed by atoms with Gasteiger partial charge in [-0.2, -0.15) is 0 Å². The lowest BCUT2D eigenvalue weighted by Gasteiger charge is -2.27. The molecule has 1 N–H and O–H groups in total. The summed E-state index contributed by atoms with van der Waals surface area (Å²) >= 11 is 0. The molecule has 3 rings (SSSR count). The van der Waals surface area contributed by atoms with Crippen LogP contribution in [0.3, 0.4) is 0 Å². The van der Waals surface area contributed by atoms with Crippen molar-refractivity contribution in [1.82, 2.24) is 15.2 Å². The van der Waals surface area contributed by atoms with Crippen LogP contribution in [-0.4, -0.2) is 35.6 Å². The van der Waals surface area contributed by atoms with E-state index in [1.165, 1.54) is 23.9 Å². The zero-order valence-electron chi connectivity index (χ0n) is 13.0. The van der Waals surface area contributed by atoms with Crippen molar-refractivity contribution < 1.29 is 0 Å². The third-order valence-corrected chi connectivity index (χ3v) is 4.08. The molecule has 1 saturated heterocycles. The van der Waals surface area contributed by atoms with Crippen molar-refractivity contribution in [2.24, 2.45) is 0 Å². The third-order valence-electron chi connectivity index (χ3n) is 4.08. The molecule has 122 valence electrons. The van der Waals surface area contributed by atoms with Crippen LogP contribution in [0.4, 0.5) is 0 Å². The van der Waals surface area contributed by atoms with Crippen molar-refractivity contribution in [3.8, 4) is 0 Å². The lowest BCUT2D eigenvalue weighted by atomic mass is 10.1. The van der Waals surface area contributed by atoms with Gasteiger partial charge in [-0.25, -0.2) is 0 Å². The minimum absolute atomic E-state index is 0. The number of hydrogen-bond donors (Lipinski definition) is 1. The summed E-state index contributed by atoms with van der Waals surface area (Å²) in [6.07, 6.45) is 2.46. The summed E-state index contributed by atoms with van der Waals surface area (Å²) in [5.41, 5.74) is 2.29. The van der Waals surface area contributed by atoms with E-state index in [9.17, 15) is 0 Å². The minimum atomic E-state index is 0. The molecule has 0 amide bonds. The topological polar surface area (TPSA) is 28.2 Å². The van der Waals surface area contributed by atoms with Crippen LogP contribution in [0, 0.1) is 0 Å². The zero-order chi connectivity index (χ0) is 13.8. The molecule has 1 aromatic carbocycles. The smallest absolute Gasteiger partial charge is 0.0705 e. The van der Waals surface area contributed by atoms with E-state index in [0.717, 1.165) is 31.7 Å². The first-order valence-electron chi connectivity index (χ1n) is 7.66. The van der Waals surface area contributed by atoms with Crippen LogP contribution in [0.25, 0.3) is 10.9 Å². The molecule has 2 heterocycles. The van der Waals surface area contributed by atoms with E-state index in [4.69, 9.17) is 4.98 Å². The Morgan fingerprint density at radius 3 is 2.73 bits per heavy atom. The molecule has 1 unspecified atom stereocenters. The van der Waals surface area contributed by atoms with Crippen molar-refractivity contribution in [1.29, 1.82) is 0 Å². The number of hydrogen-bond acceptors (Lipinski definition) is 3. The van der Waals surface area contributed by atoms with Crippen LogP contribution in [-0.2, 0) is 6.54 Å². The van der Waals surface area contributed by atoms with Crippen LogP contribution in [0.2, 0.25) is 0 Å². The van der Waals surface area contributed by atoms with E-state index >= 15 is 0 Å². The molecule has 0 bridgehead atoms. The molecule has 0 aliphatic carbocycles. The van der Waals surface area contributed by atoms with Crippen molar-refractivity contribution in [2.45, 2.75) is 32.4 Å². The number of rotatable bonds is 5. The van der Waals surface area contributed by atoms with Gasteiger partial charge in [0, 0.05) is 24.5 Å². The van der Waals surface area contributed by atoms with E-state index in [1.54, 1.807) is 0 Å². The number of aromatic nitrogens is 1.